The molecule has 5 nitrogen and oxygen atoms in total. The molecule has 0 fully saturated rings. The van der Waals surface area contributed by atoms with Gasteiger partial charge < -0.3 is 19.4 Å². The van der Waals surface area contributed by atoms with Crippen molar-refractivity contribution in [1.29, 1.82) is 0 Å². The minimum absolute atomic E-state index is 0.103. The van der Waals surface area contributed by atoms with Gasteiger partial charge >= 0.3 is 5.97 Å². The number of hydrogen-bond acceptors (Lipinski definition) is 4. The third kappa shape index (κ3) is 1.28. The molecule has 0 spiro atoms. The normalized spacial score (nSPS) is 10.5. The quantitative estimate of drug-likeness (QED) is 0.787. The van der Waals surface area contributed by atoms with Crippen LogP contribution in [0.4, 0.5) is 0 Å². The number of rotatable bonds is 2. The van der Waals surface area contributed by atoms with Gasteiger partial charge in [0, 0.05) is 6.07 Å². The Morgan fingerprint density at radius 1 is 1.53 bits per heavy atom. The van der Waals surface area contributed by atoms with Crippen molar-refractivity contribution in [2.75, 3.05) is 7.11 Å². The molecule has 0 radical (unpaired) electrons. The van der Waals surface area contributed by atoms with Crippen LogP contribution >= 0.6 is 0 Å². The Kier molecular flexibility index (Phi) is 2.00. The Bertz CT molecular complexity index is 526. The molecule has 78 valence electrons. The first kappa shape index (κ1) is 9.39. The minimum Gasteiger partial charge on any atom is -0.507 e. The largest absolute Gasteiger partial charge is 0.507 e. The average molecular weight is 208 g/mol. The first-order valence-corrected chi connectivity index (χ1v) is 4.15. The zero-order valence-corrected chi connectivity index (χ0v) is 7.85. The minimum atomic E-state index is -1.24. The van der Waals surface area contributed by atoms with Crippen molar-refractivity contribution in [3.05, 3.63) is 24.0 Å². The van der Waals surface area contributed by atoms with Gasteiger partial charge in [0.1, 0.15) is 22.6 Å². The summed E-state index contributed by atoms with van der Waals surface area (Å²) >= 11 is 0. The zero-order chi connectivity index (χ0) is 11.0. The summed E-state index contributed by atoms with van der Waals surface area (Å²) in [7, 11) is 1.34. The van der Waals surface area contributed by atoms with Crippen LogP contribution in [0.3, 0.4) is 0 Å². The maximum Gasteiger partial charge on any atom is 0.343 e. The van der Waals surface area contributed by atoms with E-state index in [0.29, 0.717) is 11.0 Å². The van der Waals surface area contributed by atoms with Gasteiger partial charge in [-0.25, -0.2) is 4.79 Å². The van der Waals surface area contributed by atoms with Crippen molar-refractivity contribution < 1.29 is 24.2 Å². The van der Waals surface area contributed by atoms with E-state index >= 15 is 0 Å². The standard InChI is InChI=1S/C10H8O5/c1-14-9-5-2-3-15-7(5)4-6(11)8(9)10(12)13/h2-4,11H,1H3,(H,12,13). The fraction of sp³-hybridized carbons (Fsp3) is 0.100. The molecule has 2 rings (SSSR count). The van der Waals surface area contributed by atoms with E-state index < -0.39 is 5.97 Å². The lowest BCUT2D eigenvalue weighted by molar-refractivity contribution is 0.0690. The first-order chi connectivity index (χ1) is 7.15. The Morgan fingerprint density at radius 3 is 2.87 bits per heavy atom. The van der Waals surface area contributed by atoms with E-state index in [-0.39, 0.29) is 17.1 Å². The van der Waals surface area contributed by atoms with E-state index in [9.17, 15) is 9.90 Å². The number of ether oxygens (including phenoxy) is 1. The average Bonchev–Trinajstić information content (AvgIpc) is 2.62. The summed E-state index contributed by atoms with van der Waals surface area (Å²) in [5.74, 6) is -1.51. The maximum atomic E-state index is 10.9. The number of benzene rings is 1. The van der Waals surface area contributed by atoms with Crippen LogP contribution in [0.2, 0.25) is 0 Å². The van der Waals surface area contributed by atoms with Crippen LogP contribution in [-0.2, 0) is 0 Å². The molecule has 0 aliphatic rings. The van der Waals surface area contributed by atoms with E-state index in [1.54, 1.807) is 6.07 Å². The molecule has 0 bridgehead atoms. The van der Waals surface area contributed by atoms with Gasteiger partial charge in [-0.3, -0.25) is 0 Å². The molecule has 0 amide bonds. The van der Waals surface area contributed by atoms with E-state index in [0.717, 1.165) is 0 Å². The lowest BCUT2D eigenvalue weighted by atomic mass is 10.1. The summed E-state index contributed by atoms with van der Waals surface area (Å²) in [5.41, 5.74) is 0.126. The number of aromatic hydroxyl groups is 1. The number of carboxylic acids is 1. The van der Waals surface area contributed by atoms with Gasteiger partial charge in [0.25, 0.3) is 0 Å². The molecule has 0 saturated heterocycles. The van der Waals surface area contributed by atoms with Crippen LogP contribution in [0.25, 0.3) is 11.0 Å². The molecular weight excluding hydrogens is 200 g/mol. The monoisotopic (exact) mass is 208 g/mol. The molecule has 1 aromatic carbocycles. The van der Waals surface area contributed by atoms with Crippen LogP contribution in [-0.4, -0.2) is 23.3 Å². The van der Waals surface area contributed by atoms with E-state index in [1.807, 2.05) is 0 Å². The van der Waals surface area contributed by atoms with E-state index in [1.165, 1.54) is 19.4 Å². The molecule has 0 aliphatic heterocycles. The summed E-state index contributed by atoms with van der Waals surface area (Å²) in [6.45, 7) is 0. The number of furan rings is 1. The molecule has 0 atom stereocenters. The first-order valence-electron chi connectivity index (χ1n) is 4.15. The molecule has 1 heterocycles. The number of carboxylic acid groups (broad SMARTS) is 1. The van der Waals surface area contributed by atoms with Gasteiger partial charge in [0.05, 0.1) is 18.8 Å². The second-order valence-corrected chi connectivity index (χ2v) is 2.94. The molecule has 1 aromatic heterocycles. The molecule has 2 aromatic rings. The molecule has 2 N–H and O–H groups in total. The van der Waals surface area contributed by atoms with E-state index in [2.05, 4.69) is 0 Å². The Hall–Kier alpha value is -2.17. The summed E-state index contributed by atoms with van der Waals surface area (Å²) in [4.78, 5) is 10.9. The van der Waals surface area contributed by atoms with Gasteiger partial charge in [-0.2, -0.15) is 0 Å². The second kappa shape index (κ2) is 3.20. The highest BCUT2D eigenvalue weighted by Gasteiger charge is 2.20. The summed E-state index contributed by atoms with van der Waals surface area (Å²) in [6.07, 6.45) is 1.40. The van der Waals surface area contributed by atoms with Crippen LogP contribution in [0.1, 0.15) is 10.4 Å². The smallest absolute Gasteiger partial charge is 0.343 e. The second-order valence-electron chi connectivity index (χ2n) is 2.94. The SMILES string of the molecule is COc1c(C(=O)O)c(O)cc2occc12. The van der Waals surface area contributed by atoms with Crippen LogP contribution in [0, 0.1) is 0 Å². The van der Waals surface area contributed by atoms with Gasteiger partial charge in [0.15, 0.2) is 0 Å². The zero-order valence-electron chi connectivity index (χ0n) is 7.85. The van der Waals surface area contributed by atoms with Crippen molar-refractivity contribution >= 4 is 16.9 Å². The molecule has 0 unspecified atom stereocenters. The number of aromatic carboxylic acids is 1. The van der Waals surface area contributed by atoms with Crippen molar-refractivity contribution in [1.82, 2.24) is 0 Å². The maximum absolute atomic E-state index is 10.9. The van der Waals surface area contributed by atoms with E-state index in [4.69, 9.17) is 14.3 Å². The summed E-state index contributed by atoms with van der Waals surface area (Å²) in [6, 6.07) is 2.83. The molecule has 0 aliphatic carbocycles. The predicted molar refractivity (Wildman–Crippen MR) is 51.4 cm³/mol. The van der Waals surface area contributed by atoms with Crippen LogP contribution < -0.4 is 4.74 Å². The van der Waals surface area contributed by atoms with Gasteiger partial charge in [-0.05, 0) is 6.07 Å². The third-order valence-electron chi connectivity index (χ3n) is 2.11. The third-order valence-corrected chi connectivity index (χ3v) is 2.11. The predicted octanol–water partition coefficient (Wildman–Crippen LogP) is 1.85. The lowest BCUT2D eigenvalue weighted by Crippen LogP contribution is -2.01. The number of fused-ring (bicyclic) bond motifs is 1. The Balaban J connectivity index is 2.88. The number of carbonyl (C=O) groups is 1. The number of hydrogen-bond donors (Lipinski definition) is 2. The van der Waals surface area contributed by atoms with Crippen molar-refractivity contribution in [2.45, 2.75) is 0 Å². The fourth-order valence-electron chi connectivity index (χ4n) is 1.49. The molecule has 0 saturated carbocycles. The molecular formula is C10H8O5. The topological polar surface area (TPSA) is 79.9 Å². The molecule has 5 heteroatoms. The summed E-state index contributed by atoms with van der Waals surface area (Å²) < 4.78 is 10.0. The number of phenols is 1. The van der Waals surface area contributed by atoms with Crippen molar-refractivity contribution in [2.24, 2.45) is 0 Å². The van der Waals surface area contributed by atoms with Crippen molar-refractivity contribution in [3.63, 3.8) is 0 Å². The van der Waals surface area contributed by atoms with Crippen LogP contribution in [0.5, 0.6) is 11.5 Å². The van der Waals surface area contributed by atoms with Gasteiger partial charge in [-0.15, -0.1) is 0 Å². The lowest BCUT2D eigenvalue weighted by Gasteiger charge is -2.07. The fourth-order valence-corrected chi connectivity index (χ4v) is 1.49. The van der Waals surface area contributed by atoms with Gasteiger partial charge in [-0.1, -0.05) is 0 Å². The Morgan fingerprint density at radius 2 is 2.27 bits per heavy atom. The Labute approximate surface area is 84.5 Å². The highest BCUT2D eigenvalue weighted by atomic mass is 16.5. The highest BCUT2D eigenvalue weighted by Crippen LogP contribution is 2.36. The van der Waals surface area contributed by atoms with Crippen molar-refractivity contribution in [3.8, 4) is 11.5 Å². The number of methoxy groups -OCH3 is 1. The summed E-state index contributed by atoms with van der Waals surface area (Å²) in [5, 5.41) is 18.9. The van der Waals surface area contributed by atoms with Gasteiger partial charge in [0.2, 0.25) is 0 Å². The van der Waals surface area contributed by atoms with Crippen LogP contribution in [0.15, 0.2) is 22.8 Å². The molecule has 15 heavy (non-hydrogen) atoms. The highest BCUT2D eigenvalue weighted by molar-refractivity contribution is 6.02.